The number of alkyl halides is 3. The van der Waals surface area contributed by atoms with Crippen LogP contribution in [0.3, 0.4) is 0 Å². The fourth-order valence-electron chi connectivity index (χ4n) is 4.89. The van der Waals surface area contributed by atoms with Crippen molar-refractivity contribution in [3.8, 4) is 0 Å². The first kappa shape index (κ1) is 30.0. The standard InChI is InChI=1S/C27H30ClF5N4O3/c1-16-14-36(8-7-27(31,32)33)9-10-37(16)22-12-19(28)3-5-21(22)35-26(39)20-4-2-17(23(29)24(20)30)13-34-25(38)18-6-11-40-15-18/h2-5,12,16,18H,6-11,13-15H2,1H3,(H,34,38)(H,35,39)/t16-,18-/m1/s1. The highest BCUT2D eigenvalue weighted by atomic mass is 35.5. The second kappa shape index (κ2) is 12.7. The van der Waals surface area contributed by atoms with E-state index in [1.165, 1.54) is 18.2 Å². The van der Waals surface area contributed by atoms with E-state index in [1.54, 1.807) is 11.0 Å². The molecule has 218 valence electrons. The van der Waals surface area contributed by atoms with E-state index in [4.69, 9.17) is 16.3 Å². The van der Waals surface area contributed by atoms with Crippen LogP contribution in [0, 0.1) is 17.6 Å². The summed E-state index contributed by atoms with van der Waals surface area (Å²) in [5.74, 6) is -4.14. The molecule has 2 atom stereocenters. The molecule has 2 aliphatic rings. The number of ether oxygens (including phenoxy) is 1. The van der Waals surface area contributed by atoms with Crippen LogP contribution in [0.4, 0.5) is 33.3 Å². The Morgan fingerprint density at radius 1 is 1.12 bits per heavy atom. The van der Waals surface area contributed by atoms with Crippen LogP contribution in [0.1, 0.15) is 35.7 Å². The van der Waals surface area contributed by atoms with Gasteiger partial charge in [0, 0.05) is 56.0 Å². The highest BCUT2D eigenvalue weighted by Gasteiger charge is 2.31. The van der Waals surface area contributed by atoms with Crippen molar-refractivity contribution in [2.45, 2.75) is 38.5 Å². The lowest BCUT2D eigenvalue weighted by molar-refractivity contribution is -0.138. The van der Waals surface area contributed by atoms with Crippen molar-refractivity contribution in [2.24, 2.45) is 5.92 Å². The molecule has 2 N–H and O–H groups in total. The molecule has 0 saturated carbocycles. The SMILES string of the molecule is C[C@@H]1CN(CCC(F)(F)F)CCN1c1cc(Cl)ccc1NC(=O)c1ccc(CNC(=O)[C@@H]2CCOC2)c(F)c1F. The molecule has 4 rings (SSSR count). The Labute approximate surface area is 233 Å². The molecule has 2 saturated heterocycles. The van der Waals surface area contributed by atoms with Crippen molar-refractivity contribution in [1.29, 1.82) is 0 Å². The second-order valence-corrected chi connectivity index (χ2v) is 10.4. The van der Waals surface area contributed by atoms with Crippen LogP contribution < -0.4 is 15.5 Å². The third kappa shape index (κ3) is 7.41. The summed E-state index contributed by atoms with van der Waals surface area (Å²) in [6, 6.07) is 6.84. The minimum atomic E-state index is -4.24. The first-order chi connectivity index (χ1) is 18.9. The Bertz CT molecular complexity index is 1240. The van der Waals surface area contributed by atoms with Crippen molar-refractivity contribution in [2.75, 3.05) is 49.6 Å². The number of nitrogens with zero attached hydrogens (tertiary/aromatic N) is 2. The molecule has 0 aromatic heterocycles. The monoisotopic (exact) mass is 588 g/mol. The molecular formula is C27H30ClF5N4O3. The number of carbonyl (C=O) groups is 2. The summed E-state index contributed by atoms with van der Waals surface area (Å²) in [7, 11) is 0. The lowest BCUT2D eigenvalue weighted by Gasteiger charge is -2.42. The maximum absolute atomic E-state index is 14.9. The normalized spacial score (nSPS) is 20.0. The highest BCUT2D eigenvalue weighted by molar-refractivity contribution is 6.31. The first-order valence-electron chi connectivity index (χ1n) is 12.9. The van der Waals surface area contributed by atoms with Crippen molar-refractivity contribution in [3.63, 3.8) is 0 Å². The fourth-order valence-corrected chi connectivity index (χ4v) is 5.05. The summed E-state index contributed by atoms with van der Waals surface area (Å²) in [4.78, 5) is 28.8. The van der Waals surface area contributed by atoms with Crippen LogP contribution in [-0.4, -0.2) is 68.3 Å². The zero-order chi connectivity index (χ0) is 29.0. The summed E-state index contributed by atoms with van der Waals surface area (Å²) in [6.45, 7) is 3.34. The van der Waals surface area contributed by atoms with Gasteiger partial charge in [0.1, 0.15) is 0 Å². The predicted octanol–water partition coefficient (Wildman–Crippen LogP) is 4.99. The Balaban J connectivity index is 1.44. The average molecular weight is 589 g/mol. The smallest absolute Gasteiger partial charge is 0.381 e. The molecule has 40 heavy (non-hydrogen) atoms. The molecule has 0 spiro atoms. The molecule has 2 heterocycles. The van der Waals surface area contributed by atoms with E-state index in [2.05, 4.69) is 10.6 Å². The molecule has 7 nitrogen and oxygen atoms in total. The lowest BCUT2D eigenvalue weighted by atomic mass is 10.1. The summed E-state index contributed by atoms with van der Waals surface area (Å²) >= 11 is 6.20. The van der Waals surface area contributed by atoms with Gasteiger partial charge in [0.2, 0.25) is 5.91 Å². The van der Waals surface area contributed by atoms with Gasteiger partial charge in [0.15, 0.2) is 11.6 Å². The average Bonchev–Trinajstić information content (AvgIpc) is 3.44. The van der Waals surface area contributed by atoms with Gasteiger partial charge in [-0.25, -0.2) is 8.78 Å². The molecule has 0 unspecified atom stereocenters. The third-order valence-electron chi connectivity index (χ3n) is 7.10. The van der Waals surface area contributed by atoms with Gasteiger partial charge in [0.25, 0.3) is 5.91 Å². The summed E-state index contributed by atoms with van der Waals surface area (Å²) in [5, 5.41) is 5.54. The molecule has 2 aliphatic heterocycles. The van der Waals surface area contributed by atoms with Crippen LogP contribution in [-0.2, 0) is 16.1 Å². The second-order valence-electron chi connectivity index (χ2n) is 10.0. The zero-order valence-electron chi connectivity index (χ0n) is 21.8. The predicted molar refractivity (Wildman–Crippen MR) is 140 cm³/mol. The van der Waals surface area contributed by atoms with Gasteiger partial charge in [-0.2, -0.15) is 13.2 Å². The molecule has 2 amide bonds. The quantitative estimate of drug-likeness (QED) is 0.425. The third-order valence-corrected chi connectivity index (χ3v) is 7.34. The van der Waals surface area contributed by atoms with Gasteiger partial charge >= 0.3 is 6.18 Å². The molecule has 0 aliphatic carbocycles. The molecule has 2 aromatic carbocycles. The number of rotatable bonds is 8. The van der Waals surface area contributed by atoms with Gasteiger partial charge in [-0.15, -0.1) is 0 Å². The molecule has 13 heteroatoms. The van der Waals surface area contributed by atoms with Crippen molar-refractivity contribution in [1.82, 2.24) is 10.2 Å². The summed E-state index contributed by atoms with van der Waals surface area (Å²) in [6.07, 6.45) is -4.58. The molecular weight excluding hydrogens is 559 g/mol. The first-order valence-corrected chi connectivity index (χ1v) is 13.3. The Kier molecular flexibility index (Phi) is 9.52. The van der Waals surface area contributed by atoms with Crippen LogP contribution >= 0.6 is 11.6 Å². The maximum Gasteiger partial charge on any atom is 0.390 e. The highest BCUT2D eigenvalue weighted by Crippen LogP contribution is 2.33. The van der Waals surface area contributed by atoms with E-state index in [9.17, 15) is 31.5 Å². The van der Waals surface area contributed by atoms with Crippen LogP contribution in [0.5, 0.6) is 0 Å². The number of carbonyl (C=O) groups excluding carboxylic acids is 2. The van der Waals surface area contributed by atoms with Gasteiger partial charge in [-0.05, 0) is 37.6 Å². The summed E-state index contributed by atoms with van der Waals surface area (Å²) in [5.41, 5.74) is 0.174. The lowest BCUT2D eigenvalue weighted by Crippen LogP contribution is -2.52. The Hall–Kier alpha value is -2.96. The van der Waals surface area contributed by atoms with Gasteiger partial charge in [-0.1, -0.05) is 17.7 Å². The number of piperazine rings is 1. The van der Waals surface area contributed by atoms with Gasteiger partial charge < -0.3 is 20.3 Å². The largest absolute Gasteiger partial charge is 0.390 e. The number of nitrogens with one attached hydrogen (secondary N) is 2. The van der Waals surface area contributed by atoms with Gasteiger partial charge in [-0.3, -0.25) is 14.5 Å². The van der Waals surface area contributed by atoms with Crippen molar-refractivity contribution < 1.29 is 36.3 Å². The van der Waals surface area contributed by atoms with E-state index in [0.717, 1.165) is 6.07 Å². The number of halogens is 6. The summed E-state index contributed by atoms with van der Waals surface area (Å²) < 4.78 is 72.8. The van der Waals surface area contributed by atoms with Gasteiger partial charge in [0.05, 0.1) is 35.9 Å². The van der Waals surface area contributed by atoms with E-state index in [1.807, 2.05) is 11.8 Å². The van der Waals surface area contributed by atoms with E-state index in [0.29, 0.717) is 49.1 Å². The number of amides is 2. The van der Waals surface area contributed by atoms with Crippen molar-refractivity contribution in [3.05, 3.63) is 58.1 Å². The number of hydrogen-bond acceptors (Lipinski definition) is 5. The van der Waals surface area contributed by atoms with E-state index >= 15 is 0 Å². The minimum Gasteiger partial charge on any atom is -0.381 e. The minimum absolute atomic E-state index is 0.106. The number of hydrogen-bond donors (Lipinski definition) is 2. The number of benzene rings is 2. The molecule has 0 radical (unpaired) electrons. The molecule has 0 bridgehead atoms. The zero-order valence-corrected chi connectivity index (χ0v) is 22.5. The van der Waals surface area contributed by atoms with E-state index in [-0.39, 0.29) is 43.1 Å². The fraction of sp³-hybridized carbons (Fsp3) is 0.481. The molecule has 2 fully saturated rings. The topological polar surface area (TPSA) is 73.9 Å². The Morgan fingerprint density at radius 2 is 1.90 bits per heavy atom. The number of anilines is 2. The molecule has 2 aromatic rings. The van der Waals surface area contributed by atoms with Crippen LogP contribution in [0.25, 0.3) is 0 Å². The van der Waals surface area contributed by atoms with E-state index < -0.39 is 35.7 Å². The maximum atomic E-state index is 14.9. The Morgan fingerprint density at radius 3 is 2.58 bits per heavy atom. The van der Waals surface area contributed by atoms with Crippen LogP contribution in [0.2, 0.25) is 5.02 Å². The van der Waals surface area contributed by atoms with Crippen molar-refractivity contribution >= 4 is 34.8 Å². The van der Waals surface area contributed by atoms with Crippen LogP contribution in [0.15, 0.2) is 30.3 Å².